The van der Waals surface area contributed by atoms with Gasteiger partial charge in [-0.2, -0.15) is 0 Å². The molecule has 152 valence electrons. The molecule has 0 aromatic heterocycles. The molecule has 3 aromatic rings. The molecular formula is C25H27BN2O2. The maximum atomic E-state index is 8.66. The highest BCUT2D eigenvalue weighted by molar-refractivity contribution is 6.62. The van der Waals surface area contributed by atoms with Gasteiger partial charge in [-0.05, 0) is 51.4 Å². The van der Waals surface area contributed by atoms with E-state index in [9.17, 15) is 0 Å². The van der Waals surface area contributed by atoms with Crippen molar-refractivity contribution < 1.29 is 9.31 Å². The third-order valence-electron chi connectivity index (χ3n) is 5.95. The van der Waals surface area contributed by atoms with Gasteiger partial charge in [0.1, 0.15) is 0 Å². The molecule has 0 amide bonds. The summed E-state index contributed by atoms with van der Waals surface area (Å²) in [6.07, 6.45) is 0. The third-order valence-corrected chi connectivity index (χ3v) is 5.95. The van der Waals surface area contributed by atoms with Crippen LogP contribution >= 0.6 is 0 Å². The fraction of sp³-hybridized carbons (Fsp3) is 0.240. The summed E-state index contributed by atoms with van der Waals surface area (Å²) in [5, 5.41) is 12.1. The molecule has 2 N–H and O–H groups in total. The molecule has 0 bridgehead atoms. The van der Waals surface area contributed by atoms with Crippen LogP contribution in [0.25, 0.3) is 0 Å². The van der Waals surface area contributed by atoms with Gasteiger partial charge in [0.05, 0.1) is 16.9 Å². The van der Waals surface area contributed by atoms with Crippen molar-refractivity contribution in [1.82, 2.24) is 0 Å². The molecule has 4 nitrogen and oxygen atoms in total. The van der Waals surface area contributed by atoms with Gasteiger partial charge in [0.2, 0.25) is 0 Å². The van der Waals surface area contributed by atoms with Crippen molar-refractivity contribution in [2.75, 3.05) is 5.32 Å². The maximum absolute atomic E-state index is 8.66. The van der Waals surface area contributed by atoms with Crippen LogP contribution in [0.5, 0.6) is 0 Å². The predicted molar refractivity (Wildman–Crippen MR) is 124 cm³/mol. The molecule has 0 atom stereocenters. The molecule has 1 fully saturated rings. The van der Waals surface area contributed by atoms with Crippen molar-refractivity contribution in [1.29, 1.82) is 5.41 Å². The first-order valence-electron chi connectivity index (χ1n) is 10.2. The van der Waals surface area contributed by atoms with E-state index in [1.165, 1.54) is 0 Å². The zero-order chi connectivity index (χ0) is 21.4. The second-order valence-electron chi connectivity index (χ2n) is 8.63. The lowest BCUT2D eigenvalue weighted by atomic mass is 9.79. The molecule has 0 unspecified atom stereocenters. The van der Waals surface area contributed by atoms with E-state index >= 15 is 0 Å². The molecule has 1 saturated heterocycles. The van der Waals surface area contributed by atoms with Gasteiger partial charge in [0, 0.05) is 22.5 Å². The van der Waals surface area contributed by atoms with Gasteiger partial charge in [-0.25, -0.2) is 0 Å². The Kier molecular flexibility index (Phi) is 5.26. The van der Waals surface area contributed by atoms with E-state index in [1.807, 2.05) is 78.9 Å². The summed E-state index contributed by atoms with van der Waals surface area (Å²) in [7, 11) is -0.408. The van der Waals surface area contributed by atoms with E-state index in [-0.39, 0.29) is 11.2 Å². The van der Waals surface area contributed by atoms with Crippen LogP contribution in [0.15, 0.2) is 78.9 Å². The van der Waals surface area contributed by atoms with Crippen LogP contribution in [0.2, 0.25) is 0 Å². The van der Waals surface area contributed by atoms with Crippen LogP contribution in [0, 0.1) is 5.41 Å². The summed E-state index contributed by atoms with van der Waals surface area (Å²) in [4.78, 5) is 0. The quantitative estimate of drug-likeness (QED) is 0.462. The van der Waals surface area contributed by atoms with Gasteiger partial charge < -0.3 is 14.6 Å². The molecule has 1 heterocycles. The normalized spacial score (nSPS) is 17.0. The van der Waals surface area contributed by atoms with Crippen molar-refractivity contribution in [3.8, 4) is 0 Å². The Morgan fingerprint density at radius 1 is 0.800 bits per heavy atom. The fourth-order valence-electron chi connectivity index (χ4n) is 3.47. The summed E-state index contributed by atoms with van der Waals surface area (Å²) in [5.41, 5.74) is 4.25. The number of benzene rings is 3. The molecule has 0 spiro atoms. The van der Waals surface area contributed by atoms with Gasteiger partial charge in [0.15, 0.2) is 0 Å². The maximum Gasteiger partial charge on any atom is 0.494 e. The van der Waals surface area contributed by atoms with E-state index in [2.05, 4.69) is 33.0 Å². The van der Waals surface area contributed by atoms with Crippen molar-refractivity contribution in [3.05, 3.63) is 90.0 Å². The number of rotatable bonds is 5. The Morgan fingerprint density at radius 3 is 2.13 bits per heavy atom. The molecule has 4 rings (SSSR count). The highest BCUT2D eigenvalue weighted by Crippen LogP contribution is 2.36. The molecule has 3 aromatic carbocycles. The molecule has 30 heavy (non-hydrogen) atoms. The van der Waals surface area contributed by atoms with Crippen molar-refractivity contribution in [2.45, 2.75) is 38.9 Å². The second-order valence-corrected chi connectivity index (χ2v) is 8.63. The largest absolute Gasteiger partial charge is 0.494 e. The summed E-state index contributed by atoms with van der Waals surface area (Å²) >= 11 is 0. The van der Waals surface area contributed by atoms with E-state index in [0.717, 1.165) is 28.0 Å². The Hall–Kier alpha value is -2.89. The summed E-state index contributed by atoms with van der Waals surface area (Å²) in [6.45, 7) is 8.22. The minimum atomic E-state index is -0.408. The lowest BCUT2D eigenvalue weighted by Crippen LogP contribution is -2.41. The van der Waals surface area contributed by atoms with Crippen molar-refractivity contribution in [2.24, 2.45) is 0 Å². The zero-order valence-corrected chi connectivity index (χ0v) is 17.9. The summed E-state index contributed by atoms with van der Waals surface area (Å²) in [6, 6.07) is 25.7. The number of hydrogen-bond donors (Lipinski definition) is 2. The van der Waals surface area contributed by atoms with Crippen LogP contribution < -0.4 is 10.8 Å². The number of anilines is 2. The van der Waals surface area contributed by atoms with Crippen LogP contribution in [-0.4, -0.2) is 24.0 Å². The minimum Gasteiger partial charge on any atom is -0.399 e. The standard InChI is InChI=1S/C25H27BN2O2/c1-24(2)25(3,4)30-26(29-24)19-13-10-14-20(17-19)28-22-16-9-8-15-21(22)23(27)18-11-6-5-7-12-18/h5-17,27-28H,1-4H3. The molecule has 0 aliphatic carbocycles. The summed E-state index contributed by atoms with van der Waals surface area (Å²) < 4.78 is 12.4. The van der Waals surface area contributed by atoms with Crippen molar-refractivity contribution >= 4 is 29.7 Å². The lowest BCUT2D eigenvalue weighted by molar-refractivity contribution is 0.00578. The van der Waals surface area contributed by atoms with Gasteiger partial charge >= 0.3 is 7.12 Å². The minimum absolute atomic E-state index is 0.377. The molecule has 1 aliphatic heterocycles. The molecule has 1 aliphatic rings. The SMILES string of the molecule is CC1(C)OB(c2cccc(Nc3ccccc3C(=N)c3ccccc3)c2)OC1(C)C. The Balaban J connectivity index is 1.60. The van der Waals surface area contributed by atoms with Gasteiger partial charge in [-0.3, -0.25) is 5.41 Å². The van der Waals surface area contributed by atoms with Crippen LogP contribution in [0.4, 0.5) is 11.4 Å². The highest BCUT2D eigenvalue weighted by Gasteiger charge is 2.51. The summed E-state index contributed by atoms with van der Waals surface area (Å²) in [5.74, 6) is 0. The smallest absolute Gasteiger partial charge is 0.399 e. The van der Waals surface area contributed by atoms with Crippen LogP contribution in [-0.2, 0) is 9.31 Å². The van der Waals surface area contributed by atoms with Crippen molar-refractivity contribution in [3.63, 3.8) is 0 Å². The van der Waals surface area contributed by atoms with E-state index < -0.39 is 7.12 Å². The lowest BCUT2D eigenvalue weighted by Gasteiger charge is -2.32. The molecule has 5 heteroatoms. The monoisotopic (exact) mass is 398 g/mol. The predicted octanol–water partition coefficient (Wildman–Crippen LogP) is 5.15. The zero-order valence-electron chi connectivity index (χ0n) is 17.9. The molecule has 0 radical (unpaired) electrons. The average Bonchev–Trinajstić information content (AvgIpc) is 2.96. The second kappa shape index (κ2) is 7.75. The first-order valence-corrected chi connectivity index (χ1v) is 10.2. The Labute approximate surface area is 178 Å². The van der Waals surface area contributed by atoms with Crippen LogP contribution in [0.3, 0.4) is 0 Å². The number of para-hydroxylation sites is 1. The first-order chi connectivity index (χ1) is 14.3. The Morgan fingerprint density at radius 2 is 1.43 bits per heavy atom. The highest BCUT2D eigenvalue weighted by atomic mass is 16.7. The molecule has 0 saturated carbocycles. The first kappa shape index (κ1) is 20.4. The van der Waals surface area contributed by atoms with Gasteiger partial charge in [0.25, 0.3) is 0 Å². The van der Waals surface area contributed by atoms with Gasteiger partial charge in [-0.15, -0.1) is 0 Å². The van der Waals surface area contributed by atoms with E-state index in [1.54, 1.807) is 0 Å². The fourth-order valence-corrected chi connectivity index (χ4v) is 3.47. The average molecular weight is 398 g/mol. The topological polar surface area (TPSA) is 54.3 Å². The van der Waals surface area contributed by atoms with Crippen LogP contribution in [0.1, 0.15) is 38.8 Å². The Bertz CT molecular complexity index is 1050. The van der Waals surface area contributed by atoms with E-state index in [4.69, 9.17) is 14.7 Å². The number of nitrogens with one attached hydrogen (secondary N) is 2. The van der Waals surface area contributed by atoms with E-state index in [0.29, 0.717) is 5.71 Å². The molecular weight excluding hydrogens is 371 g/mol. The third kappa shape index (κ3) is 3.91. The number of hydrogen-bond acceptors (Lipinski definition) is 4. The van der Waals surface area contributed by atoms with Gasteiger partial charge in [-0.1, -0.05) is 60.7 Å².